The van der Waals surface area contributed by atoms with E-state index in [4.69, 9.17) is 43.1 Å². The molecule has 8 nitrogen and oxygen atoms in total. The zero-order valence-corrected chi connectivity index (χ0v) is 19.6. The van der Waals surface area contributed by atoms with Crippen molar-refractivity contribution in [2.75, 3.05) is 20.0 Å². The summed E-state index contributed by atoms with van der Waals surface area (Å²) in [7, 11) is 2.94. The van der Waals surface area contributed by atoms with E-state index in [1.54, 1.807) is 6.07 Å². The molecular weight excluding hydrogens is 479 g/mol. The number of fused-ring (bicyclic) bond motifs is 1. The van der Waals surface area contributed by atoms with E-state index in [2.05, 4.69) is 21.9 Å². The molecule has 0 saturated heterocycles. The number of nitrogens with two attached hydrogens (primary N) is 1. The number of hydrogen-bond acceptors (Lipinski definition) is 7. The van der Waals surface area contributed by atoms with Gasteiger partial charge in [-0.25, -0.2) is 14.3 Å². The summed E-state index contributed by atoms with van der Waals surface area (Å²) in [6.07, 6.45) is 1.24. The zero-order chi connectivity index (χ0) is 24.2. The second-order valence-corrected chi connectivity index (χ2v) is 7.70. The van der Waals surface area contributed by atoms with Crippen molar-refractivity contribution in [3.63, 3.8) is 0 Å². The molecule has 0 aliphatic heterocycles. The Bertz CT molecular complexity index is 1410. The van der Waals surface area contributed by atoms with Gasteiger partial charge in [0.2, 0.25) is 0 Å². The molecule has 2 N–H and O–H groups in total. The van der Waals surface area contributed by atoms with Gasteiger partial charge >= 0.3 is 5.97 Å². The van der Waals surface area contributed by atoms with Crippen molar-refractivity contribution in [2.24, 2.45) is 0 Å². The first-order valence-electron chi connectivity index (χ1n) is 9.89. The molecule has 0 spiro atoms. The van der Waals surface area contributed by atoms with Gasteiger partial charge in [-0.05, 0) is 11.6 Å². The molecule has 0 saturated carbocycles. The molecule has 0 aliphatic rings. The number of ether oxygens (including phenoxy) is 3. The summed E-state index contributed by atoms with van der Waals surface area (Å²) in [6.45, 7) is 0.101. The van der Waals surface area contributed by atoms with Crippen LogP contribution in [0.15, 0.2) is 48.8 Å². The lowest BCUT2D eigenvalue weighted by atomic mass is 10.1. The number of nitrogens with zero attached hydrogens (tertiary/aromatic N) is 3. The van der Waals surface area contributed by atoms with Gasteiger partial charge in [-0.3, -0.25) is 0 Å². The SMILES string of the molecule is COc1cc(OC)c(Cl)c(C#Cc2cc(C(=O)OCc3ccccc3)n3ncnc(N)c23)c1Cl. The van der Waals surface area contributed by atoms with Crippen molar-refractivity contribution in [1.82, 2.24) is 14.6 Å². The minimum absolute atomic E-state index is 0.101. The summed E-state index contributed by atoms with van der Waals surface area (Å²) < 4.78 is 17.4. The van der Waals surface area contributed by atoms with Crippen LogP contribution in [0, 0.1) is 11.8 Å². The summed E-state index contributed by atoms with van der Waals surface area (Å²) >= 11 is 12.8. The molecule has 4 rings (SSSR count). The number of esters is 1. The molecule has 0 aliphatic carbocycles. The quantitative estimate of drug-likeness (QED) is 0.322. The van der Waals surface area contributed by atoms with Gasteiger partial charge in [0, 0.05) is 6.07 Å². The van der Waals surface area contributed by atoms with E-state index in [1.807, 2.05) is 30.3 Å². The van der Waals surface area contributed by atoms with Crippen LogP contribution in [0.1, 0.15) is 27.2 Å². The van der Waals surface area contributed by atoms with Gasteiger partial charge in [-0.2, -0.15) is 5.10 Å². The summed E-state index contributed by atoms with van der Waals surface area (Å²) in [4.78, 5) is 16.9. The Morgan fingerprint density at radius 2 is 1.74 bits per heavy atom. The monoisotopic (exact) mass is 496 g/mol. The second-order valence-electron chi connectivity index (χ2n) is 6.94. The molecule has 2 aromatic heterocycles. The summed E-state index contributed by atoms with van der Waals surface area (Å²) in [5, 5.41) is 4.59. The molecule has 34 heavy (non-hydrogen) atoms. The number of carbonyl (C=O) groups excluding carboxylic acids is 1. The fourth-order valence-corrected chi connectivity index (χ4v) is 3.83. The van der Waals surface area contributed by atoms with E-state index in [0.29, 0.717) is 28.1 Å². The first-order chi connectivity index (χ1) is 16.4. The first kappa shape index (κ1) is 23.2. The molecule has 0 atom stereocenters. The van der Waals surface area contributed by atoms with Gasteiger partial charge in [0.15, 0.2) is 11.5 Å². The van der Waals surface area contributed by atoms with E-state index >= 15 is 0 Å². The average Bonchev–Trinajstić information content (AvgIpc) is 3.23. The van der Waals surface area contributed by atoms with Crippen LogP contribution in [-0.4, -0.2) is 34.8 Å². The van der Waals surface area contributed by atoms with Crippen molar-refractivity contribution >= 4 is 40.5 Å². The summed E-state index contributed by atoms with van der Waals surface area (Å²) in [5.74, 6) is 6.13. The van der Waals surface area contributed by atoms with Crippen molar-refractivity contribution in [1.29, 1.82) is 0 Å². The molecule has 0 fully saturated rings. The number of aromatic nitrogens is 3. The van der Waals surface area contributed by atoms with Gasteiger partial charge in [0.25, 0.3) is 0 Å². The molecule has 172 valence electrons. The maximum atomic E-state index is 12.8. The van der Waals surface area contributed by atoms with Crippen molar-refractivity contribution in [2.45, 2.75) is 6.61 Å². The number of nitrogen functional groups attached to an aromatic ring is 1. The van der Waals surface area contributed by atoms with Crippen LogP contribution in [0.4, 0.5) is 5.82 Å². The molecule has 10 heteroatoms. The van der Waals surface area contributed by atoms with Crippen LogP contribution in [0.25, 0.3) is 5.52 Å². The normalized spacial score (nSPS) is 10.5. The number of hydrogen-bond donors (Lipinski definition) is 1. The van der Waals surface area contributed by atoms with E-state index in [-0.39, 0.29) is 28.2 Å². The zero-order valence-electron chi connectivity index (χ0n) is 18.1. The number of carbonyl (C=O) groups is 1. The summed E-state index contributed by atoms with van der Waals surface area (Å²) in [6, 6.07) is 12.4. The topological polar surface area (TPSA) is 101 Å². The molecule has 0 unspecified atom stereocenters. The third kappa shape index (κ3) is 4.44. The van der Waals surface area contributed by atoms with Crippen molar-refractivity contribution < 1.29 is 19.0 Å². The van der Waals surface area contributed by atoms with E-state index in [0.717, 1.165) is 5.56 Å². The Hall–Kier alpha value is -3.93. The average molecular weight is 497 g/mol. The number of rotatable bonds is 5. The summed E-state index contributed by atoms with van der Waals surface area (Å²) in [5.41, 5.74) is 8.10. The number of anilines is 1. The Labute approximate surface area is 205 Å². The maximum absolute atomic E-state index is 12.8. The molecule has 4 aromatic rings. The van der Waals surface area contributed by atoms with Crippen LogP contribution in [0.5, 0.6) is 11.5 Å². The van der Waals surface area contributed by atoms with Gasteiger partial charge < -0.3 is 19.9 Å². The highest BCUT2D eigenvalue weighted by Crippen LogP contribution is 2.39. The van der Waals surface area contributed by atoms with Gasteiger partial charge in [-0.1, -0.05) is 65.4 Å². The minimum atomic E-state index is -0.593. The fourth-order valence-electron chi connectivity index (χ4n) is 3.23. The third-order valence-corrected chi connectivity index (χ3v) is 5.65. The number of methoxy groups -OCH3 is 2. The molecule has 2 heterocycles. The Morgan fingerprint density at radius 3 is 2.38 bits per heavy atom. The van der Waals surface area contributed by atoms with Gasteiger partial charge in [0.1, 0.15) is 29.9 Å². The lowest BCUT2D eigenvalue weighted by Crippen LogP contribution is -2.10. The van der Waals surface area contributed by atoms with Crippen LogP contribution < -0.4 is 15.2 Å². The van der Waals surface area contributed by atoms with Crippen LogP contribution in [-0.2, 0) is 11.3 Å². The Kier molecular flexibility index (Phi) is 6.77. The predicted molar refractivity (Wildman–Crippen MR) is 129 cm³/mol. The van der Waals surface area contributed by atoms with Gasteiger partial charge in [0.05, 0.1) is 35.4 Å². The Balaban J connectivity index is 1.76. The highest BCUT2D eigenvalue weighted by Gasteiger charge is 2.20. The lowest BCUT2D eigenvalue weighted by Gasteiger charge is -2.10. The largest absolute Gasteiger partial charge is 0.495 e. The lowest BCUT2D eigenvalue weighted by molar-refractivity contribution is 0.0463. The minimum Gasteiger partial charge on any atom is -0.495 e. The number of halogens is 2. The smallest absolute Gasteiger partial charge is 0.357 e. The molecule has 0 radical (unpaired) electrons. The first-order valence-corrected chi connectivity index (χ1v) is 10.7. The standard InChI is InChI=1S/C24H18Cl2N4O4/c1-32-18-11-19(33-2)21(26)16(20(18)25)9-8-15-10-17(30-22(15)23(27)28-13-29-30)24(31)34-12-14-6-4-3-5-7-14/h3-7,10-11,13H,12H2,1-2H3,(H2,27,28,29). The maximum Gasteiger partial charge on any atom is 0.357 e. The highest BCUT2D eigenvalue weighted by molar-refractivity contribution is 6.38. The predicted octanol–water partition coefficient (Wildman–Crippen LogP) is 4.39. The molecule has 0 bridgehead atoms. The third-order valence-electron chi connectivity index (χ3n) is 4.90. The van der Waals surface area contributed by atoms with Crippen LogP contribution >= 0.6 is 23.2 Å². The van der Waals surface area contributed by atoms with E-state index in [9.17, 15) is 4.79 Å². The molecular formula is C24H18Cl2N4O4. The number of benzene rings is 2. The van der Waals surface area contributed by atoms with Crippen LogP contribution in [0.2, 0.25) is 10.0 Å². The molecule has 2 aromatic carbocycles. The van der Waals surface area contributed by atoms with E-state index in [1.165, 1.54) is 31.1 Å². The van der Waals surface area contributed by atoms with Crippen molar-refractivity contribution in [3.05, 3.63) is 81.2 Å². The van der Waals surface area contributed by atoms with Crippen LogP contribution in [0.3, 0.4) is 0 Å². The fraction of sp³-hybridized carbons (Fsp3) is 0.125. The highest BCUT2D eigenvalue weighted by atomic mass is 35.5. The van der Waals surface area contributed by atoms with E-state index < -0.39 is 5.97 Å². The second kappa shape index (κ2) is 9.91. The Morgan fingerprint density at radius 1 is 1.06 bits per heavy atom. The van der Waals surface area contributed by atoms with Gasteiger partial charge in [-0.15, -0.1) is 0 Å². The van der Waals surface area contributed by atoms with Crippen molar-refractivity contribution in [3.8, 4) is 23.3 Å². The molecule has 0 amide bonds.